The Hall–Kier alpha value is -6.15. The van der Waals surface area contributed by atoms with Crippen LogP contribution in [0.25, 0.3) is 0 Å². The number of guanidine groups is 1. The van der Waals surface area contributed by atoms with E-state index >= 15 is 0 Å². The summed E-state index contributed by atoms with van der Waals surface area (Å²) in [4.78, 5) is 139. The van der Waals surface area contributed by atoms with Crippen molar-refractivity contribution in [3.63, 3.8) is 0 Å². The molecule has 2 unspecified atom stereocenters. The number of carbonyl (C=O) groups is 10. The third kappa shape index (κ3) is 18.2. The Bertz CT molecular complexity index is 1980. The van der Waals surface area contributed by atoms with Crippen molar-refractivity contribution in [2.24, 2.45) is 39.6 Å². The lowest BCUT2D eigenvalue weighted by Gasteiger charge is -2.31. The number of nitrogens with two attached hydrogens (primary N) is 5. The second kappa shape index (κ2) is 27.5. The molecule has 17 N–H and O–H groups in total. The minimum atomic E-state index is -1.65. The largest absolute Gasteiger partial charge is 0.370 e. The topological polar surface area (TPSA) is 401 Å². The molecule has 0 spiro atoms. The van der Waals surface area contributed by atoms with Crippen LogP contribution in [0.3, 0.4) is 0 Å². The Morgan fingerprint density at radius 2 is 1.49 bits per heavy atom. The van der Waals surface area contributed by atoms with E-state index in [1.54, 1.807) is 37.3 Å². The molecule has 2 aliphatic rings. The molecule has 26 heteroatoms. The number of amides is 10. The molecule has 0 bridgehead atoms. The predicted molar refractivity (Wildman–Crippen MR) is 250 cm³/mol. The zero-order valence-corrected chi connectivity index (χ0v) is 39.4. The van der Waals surface area contributed by atoms with Gasteiger partial charge in [0.15, 0.2) is 5.96 Å². The van der Waals surface area contributed by atoms with E-state index in [1.807, 2.05) is 6.92 Å². The van der Waals surface area contributed by atoms with Crippen LogP contribution in [0.4, 0.5) is 0 Å². The summed E-state index contributed by atoms with van der Waals surface area (Å²) in [6, 6.07) is -1.49. The highest BCUT2D eigenvalue weighted by atomic mass is 33.1. The maximum absolute atomic E-state index is 14.4. The molecule has 0 saturated carbocycles. The van der Waals surface area contributed by atoms with Gasteiger partial charge in [-0.3, -0.25) is 52.9 Å². The molecule has 2 aliphatic heterocycles. The second-order valence-electron chi connectivity index (χ2n) is 16.2. The fourth-order valence-electron chi connectivity index (χ4n) is 6.97. The summed E-state index contributed by atoms with van der Waals surface area (Å²) in [6.07, 6.45) is 0.541. The molecule has 2 saturated heterocycles. The highest BCUT2D eigenvalue weighted by Gasteiger charge is 2.40. The monoisotopic (exact) mass is 976 g/mol. The molecule has 2 heterocycles. The van der Waals surface area contributed by atoms with Crippen LogP contribution in [0.15, 0.2) is 35.3 Å². The molecular formula is C41H64N14O10S2. The van der Waals surface area contributed by atoms with Gasteiger partial charge in [0.2, 0.25) is 59.1 Å². The van der Waals surface area contributed by atoms with Crippen molar-refractivity contribution in [3.8, 4) is 0 Å². The quantitative estimate of drug-likeness (QED) is 0.0321. The Kier molecular flexibility index (Phi) is 22.6. The maximum atomic E-state index is 14.4. The van der Waals surface area contributed by atoms with E-state index in [2.05, 4.69) is 42.2 Å². The van der Waals surface area contributed by atoms with Gasteiger partial charge in [-0.2, -0.15) is 0 Å². The standard InChI is InChI=1S/C41H64N14O10S2/c1-4-21(2)32-39(64)52-26(16-23-10-6-5-7-11-23)36(61)49-22(3)33(58)51-27(17-30(43)56)37(62)53-28(20-67-66-19-24(42)34(59)54-32)40(65)55-15-9-13-29(55)38(63)50-25(12-8-14-47-41(45)46)35(60)48-18-31(44)57/h5-7,10-11,21-22,24-29,32H,4,8-9,12-20,42H2,1-3H3,(H2,43,56)(H2,44,57)(H,48,60)(H,49,61)(H,50,63)(H,51,58)(H,52,64)(H,53,62)(H,54,59)(H4,45,46,47)/t21-,22+,24+,25+,26?,27+,28?,29+,32-/m1/s1. The van der Waals surface area contributed by atoms with Gasteiger partial charge < -0.3 is 70.8 Å². The van der Waals surface area contributed by atoms with Crippen LogP contribution in [-0.4, -0.2) is 149 Å². The van der Waals surface area contributed by atoms with E-state index in [4.69, 9.17) is 28.7 Å². The Morgan fingerprint density at radius 3 is 2.13 bits per heavy atom. The van der Waals surface area contributed by atoms with Crippen LogP contribution >= 0.6 is 21.6 Å². The van der Waals surface area contributed by atoms with Crippen LogP contribution in [0.5, 0.6) is 0 Å². The van der Waals surface area contributed by atoms with Crippen LogP contribution in [0.1, 0.15) is 64.9 Å². The zero-order valence-electron chi connectivity index (χ0n) is 37.7. The predicted octanol–water partition coefficient (Wildman–Crippen LogP) is -4.55. The number of carbonyl (C=O) groups excluding carboxylic acids is 10. The summed E-state index contributed by atoms with van der Waals surface area (Å²) in [5.41, 5.74) is 28.4. The van der Waals surface area contributed by atoms with Crippen LogP contribution in [-0.2, 0) is 54.4 Å². The van der Waals surface area contributed by atoms with Gasteiger partial charge in [0.05, 0.1) is 19.0 Å². The number of aliphatic imine (C=N–C) groups is 1. The Morgan fingerprint density at radius 1 is 0.836 bits per heavy atom. The summed E-state index contributed by atoms with van der Waals surface area (Å²) >= 11 is 0. The van der Waals surface area contributed by atoms with Gasteiger partial charge in [-0.15, -0.1) is 0 Å². The molecule has 1 aromatic rings. The van der Waals surface area contributed by atoms with Crippen molar-refractivity contribution in [1.29, 1.82) is 0 Å². The SMILES string of the molecule is CC[C@@H](C)[C@H]1NC(=O)[C@@H](N)CSSCC(C(=O)N2CCC[C@H]2C(=O)N[C@@H](CCCN=C(N)N)C(=O)NCC(N)=O)NC(=O)[C@H](CC(N)=O)NC(=O)[C@H](C)NC(=O)C(Cc2ccccc2)NC1=O. The second-order valence-corrected chi connectivity index (χ2v) is 18.8. The first kappa shape index (κ1) is 55.2. The Labute approximate surface area is 396 Å². The normalized spacial score (nSPS) is 24.5. The molecule has 10 amide bonds. The Balaban J connectivity index is 1.95. The first-order valence-electron chi connectivity index (χ1n) is 21.8. The molecule has 67 heavy (non-hydrogen) atoms. The van der Waals surface area contributed by atoms with E-state index in [0.717, 1.165) is 21.6 Å². The van der Waals surface area contributed by atoms with Crippen molar-refractivity contribution in [2.45, 2.75) is 114 Å². The number of primary amides is 2. The average molecular weight is 977 g/mol. The maximum Gasteiger partial charge on any atom is 0.246 e. The van der Waals surface area contributed by atoms with E-state index in [9.17, 15) is 47.9 Å². The molecule has 370 valence electrons. The first-order valence-corrected chi connectivity index (χ1v) is 24.3. The molecule has 1 aromatic carbocycles. The molecule has 9 atom stereocenters. The minimum absolute atomic E-state index is 0.00344. The lowest BCUT2D eigenvalue weighted by Crippen LogP contribution is -2.61. The van der Waals surface area contributed by atoms with Crippen LogP contribution < -0.4 is 65.9 Å². The highest BCUT2D eigenvalue weighted by Crippen LogP contribution is 2.26. The van der Waals surface area contributed by atoms with E-state index < -0.39 is 126 Å². The van der Waals surface area contributed by atoms with Gasteiger partial charge in [-0.1, -0.05) is 72.2 Å². The number of hydrogen-bond acceptors (Lipinski definition) is 14. The summed E-state index contributed by atoms with van der Waals surface area (Å²) in [7, 11) is 2.13. The third-order valence-corrected chi connectivity index (χ3v) is 13.3. The first-order chi connectivity index (χ1) is 31.7. The van der Waals surface area contributed by atoms with Crippen molar-refractivity contribution in [1.82, 2.24) is 42.1 Å². The van der Waals surface area contributed by atoms with Gasteiger partial charge >= 0.3 is 0 Å². The smallest absolute Gasteiger partial charge is 0.246 e. The van der Waals surface area contributed by atoms with Gasteiger partial charge in [0, 0.05) is 31.0 Å². The van der Waals surface area contributed by atoms with Crippen molar-refractivity contribution in [3.05, 3.63) is 35.9 Å². The fourth-order valence-corrected chi connectivity index (χ4v) is 9.25. The van der Waals surface area contributed by atoms with E-state index in [0.29, 0.717) is 18.4 Å². The molecule has 24 nitrogen and oxygen atoms in total. The number of nitrogens with zero attached hydrogens (tertiary/aromatic N) is 2. The van der Waals surface area contributed by atoms with Gasteiger partial charge in [0.1, 0.15) is 42.3 Å². The average Bonchev–Trinajstić information content (AvgIpc) is 3.78. The summed E-state index contributed by atoms with van der Waals surface area (Å²) in [6.45, 7) is 4.56. The molecule has 0 radical (unpaired) electrons. The summed E-state index contributed by atoms with van der Waals surface area (Å²) in [5, 5.41) is 18.0. The summed E-state index contributed by atoms with van der Waals surface area (Å²) in [5.74, 6) is -8.81. The molecule has 2 fully saturated rings. The number of nitrogens with one attached hydrogen (secondary N) is 7. The van der Waals surface area contributed by atoms with Crippen LogP contribution in [0, 0.1) is 5.92 Å². The van der Waals surface area contributed by atoms with E-state index in [-0.39, 0.29) is 56.2 Å². The third-order valence-electron chi connectivity index (χ3n) is 10.9. The van der Waals surface area contributed by atoms with Gasteiger partial charge in [-0.25, -0.2) is 0 Å². The minimum Gasteiger partial charge on any atom is -0.370 e. The zero-order chi connectivity index (χ0) is 49.8. The van der Waals surface area contributed by atoms with E-state index in [1.165, 1.54) is 11.8 Å². The van der Waals surface area contributed by atoms with Gasteiger partial charge in [-0.05, 0) is 44.1 Å². The molecular weight excluding hydrogens is 913 g/mol. The number of hydrogen-bond donors (Lipinski definition) is 12. The summed E-state index contributed by atoms with van der Waals surface area (Å²) < 4.78 is 0. The lowest BCUT2D eigenvalue weighted by atomic mass is 9.96. The molecule has 0 aliphatic carbocycles. The van der Waals surface area contributed by atoms with Gasteiger partial charge in [0.25, 0.3) is 0 Å². The lowest BCUT2D eigenvalue weighted by molar-refractivity contribution is -0.142. The van der Waals surface area contributed by atoms with Crippen molar-refractivity contribution in [2.75, 3.05) is 31.1 Å². The number of rotatable bonds is 16. The van der Waals surface area contributed by atoms with Crippen molar-refractivity contribution < 1.29 is 47.9 Å². The molecule has 0 aromatic heterocycles. The van der Waals surface area contributed by atoms with Crippen molar-refractivity contribution >= 4 is 86.6 Å². The fraction of sp³-hybridized carbons (Fsp3) is 0.585. The highest BCUT2D eigenvalue weighted by molar-refractivity contribution is 8.76. The number of benzene rings is 1. The molecule has 3 rings (SSSR count). The van der Waals surface area contributed by atoms with Crippen LogP contribution in [0.2, 0.25) is 0 Å². The number of likely N-dealkylation sites (tertiary alicyclic amines) is 1.